The lowest BCUT2D eigenvalue weighted by Crippen LogP contribution is -2.54. The van der Waals surface area contributed by atoms with Crippen LogP contribution in [-0.4, -0.2) is 21.9 Å². The molecular formula is C12H14BrNO2. The highest BCUT2D eigenvalue weighted by atomic mass is 79.9. The number of phenolic OH excluding ortho intramolecular Hbond substituents is 1. The van der Waals surface area contributed by atoms with Gasteiger partial charge in [0.05, 0.1) is 11.1 Å². The van der Waals surface area contributed by atoms with Crippen molar-refractivity contribution in [2.24, 2.45) is 0 Å². The number of hydrogen-bond donors (Lipinski definition) is 2. The summed E-state index contributed by atoms with van der Waals surface area (Å²) in [7, 11) is 0. The number of nitrogens with one attached hydrogen (secondary N) is 1. The van der Waals surface area contributed by atoms with E-state index in [1.807, 2.05) is 0 Å². The highest BCUT2D eigenvalue weighted by molar-refractivity contribution is 9.09. The van der Waals surface area contributed by atoms with E-state index in [-0.39, 0.29) is 17.2 Å². The summed E-state index contributed by atoms with van der Waals surface area (Å²) in [6, 6.07) is 6.60. The highest BCUT2D eigenvalue weighted by Crippen LogP contribution is 2.34. The van der Waals surface area contributed by atoms with E-state index in [9.17, 15) is 9.90 Å². The first-order valence-electron chi connectivity index (χ1n) is 5.33. The Morgan fingerprint density at radius 2 is 2.12 bits per heavy atom. The molecule has 0 aliphatic heterocycles. The maximum atomic E-state index is 11.9. The summed E-state index contributed by atoms with van der Waals surface area (Å²) < 4.78 is 0. The van der Waals surface area contributed by atoms with E-state index in [1.54, 1.807) is 18.2 Å². The number of carbonyl (C=O) groups is 1. The fourth-order valence-corrected chi connectivity index (χ4v) is 2.57. The van der Waals surface area contributed by atoms with E-state index in [0.717, 1.165) is 24.6 Å². The van der Waals surface area contributed by atoms with Crippen LogP contribution in [0.3, 0.4) is 0 Å². The van der Waals surface area contributed by atoms with E-state index in [4.69, 9.17) is 0 Å². The van der Waals surface area contributed by atoms with Gasteiger partial charge in [-0.1, -0.05) is 28.1 Å². The summed E-state index contributed by atoms with van der Waals surface area (Å²) in [5.74, 6) is -0.165. The second kappa shape index (κ2) is 4.45. The van der Waals surface area contributed by atoms with Crippen molar-refractivity contribution < 1.29 is 9.90 Å². The van der Waals surface area contributed by atoms with Crippen LogP contribution in [-0.2, 0) is 0 Å². The van der Waals surface area contributed by atoms with Crippen LogP contribution in [0.1, 0.15) is 29.6 Å². The molecule has 1 aromatic carbocycles. The van der Waals surface area contributed by atoms with E-state index in [0.29, 0.717) is 5.56 Å². The van der Waals surface area contributed by atoms with Crippen LogP contribution < -0.4 is 5.32 Å². The summed E-state index contributed by atoms with van der Waals surface area (Å²) in [5.41, 5.74) is 0.231. The van der Waals surface area contributed by atoms with Crippen LogP contribution in [0.5, 0.6) is 5.75 Å². The lowest BCUT2D eigenvalue weighted by molar-refractivity contribution is 0.0854. The average Bonchev–Trinajstić information content (AvgIpc) is 2.24. The van der Waals surface area contributed by atoms with Crippen LogP contribution in [0.15, 0.2) is 24.3 Å². The molecule has 0 unspecified atom stereocenters. The Kier molecular flexibility index (Phi) is 3.19. The molecule has 4 heteroatoms. The number of carbonyl (C=O) groups excluding carboxylic acids is 1. The summed E-state index contributed by atoms with van der Waals surface area (Å²) in [6.07, 6.45) is 3.14. The quantitative estimate of drug-likeness (QED) is 0.838. The van der Waals surface area contributed by atoms with Crippen molar-refractivity contribution in [3.8, 4) is 5.75 Å². The summed E-state index contributed by atoms with van der Waals surface area (Å²) in [5, 5.41) is 13.3. The molecule has 0 bridgehead atoms. The Morgan fingerprint density at radius 1 is 1.44 bits per heavy atom. The van der Waals surface area contributed by atoms with Crippen LogP contribution in [0, 0.1) is 0 Å². The van der Waals surface area contributed by atoms with Crippen molar-refractivity contribution in [3.63, 3.8) is 0 Å². The fourth-order valence-electron chi connectivity index (χ4n) is 1.87. The second-order valence-corrected chi connectivity index (χ2v) is 4.80. The van der Waals surface area contributed by atoms with Crippen molar-refractivity contribution in [2.75, 3.05) is 5.33 Å². The predicted molar refractivity (Wildman–Crippen MR) is 65.9 cm³/mol. The molecule has 2 N–H and O–H groups in total. The molecule has 16 heavy (non-hydrogen) atoms. The molecule has 1 amide bonds. The van der Waals surface area contributed by atoms with E-state index >= 15 is 0 Å². The smallest absolute Gasteiger partial charge is 0.255 e. The van der Waals surface area contributed by atoms with Crippen LogP contribution in [0.4, 0.5) is 0 Å². The molecule has 1 fully saturated rings. The number of aromatic hydroxyl groups is 1. The Morgan fingerprint density at radius 3 is 2.62 bits per heavy atom. The Bertz CT molecular complexity index is 396. The molecular weight excluding hydrogens is 270 g/mol. The number of benzene rings is 1. The third-order valence-electron chi connectivity index (χ3n) is 3.09. The van der Waals surface area contributed by atoms with Gasteiger partial charge < -0.3 is 10.4 Å². The van der Waals surface area contributed by atoms with E-state index < -0.39 is 0 Å². The highest BCUT2D eigenvalue weighted by Gasteiger charge is 2.37. The largest absolute Gasteiger partial charge is 0.507 e. The zero-order valence-corrected chi connectivity index (χ0v) is 10.5. The first kappa shape index (κ1) is 11.5. The first-order chi connectivity index (χ1) is 7.67. The number of para-hydroxylation sites is 1. The van der Waals surface area contributed by atoms with Gasteiger partial charge in [0.15, 0.2) is 0 Å². The number of amides is 1. The third-order valence-corrected chi connectivity index (χ3v) is 4.17. The molecule has 1 aliphatic carbocycles. The Labute approximate surface area is 103 Å². The maximum absolute atomic E-state index is 11.9. The molecule has 0 atom stereocenters. The summed E-state index contributed by atoms with van der Waals surface area (Å²) in [6.45, 7) is 0. The normalized spacial score (nSPS) is 17.6. The van der Waals surface area contributed by atoms with Crippen molar-refractivity contribution in [1.82, 2.24) is 5.32 Å². The van der Waals surface area contributed by atoms with Crippen LogP contribution >= 0.6 is 15.9 Å². The zero-order valence-electron chi connectivity index (χ0n) is 8.87. The molecule has 0 heterocycles. The second-order valence-electron chi connectivity index (χ2n) is 4.24. The SMILES string of the molecule is O=C(NC1(CBr)CCC1)c1ccccc1O. The topological polar surface area (TPSA) is 49.3 Å². The number of phenols is 1. The van der Waals surface area contributed by atoms with E-state index in [2.05, 4.69) is 21.2 Å². The van der Waals surface area contributed by atoms with Gasteiger partial charge in [-0.2, -0.15) is 0 Å². The molecule has 1 saturated carbocycles. The van der Waals surface area contributed by atoms with Gasteiger partial charge in [-0.15, -0.1) is 0 Å². The zero-order chi connectivity index (χ0) is 11.6. The van der Waals surface area contributed by atoms with Crippen molar-refractivity contribution in [2.45, 2.75) is 24.8 Å². The lowest BCUT2D eigenvalue weighted by Gasteiger charge is -2.41. The molecule has 0 aromatic heterocycles. The minimum absolute atomic E-state index is 0.0315. The molecule has 1 aromatic rings. The Hall–Kier alpha value is -1.03. The van der Waals surface area contributed by atoms with Gasteiger partial charge in [-0.3, -0.25) is 4.79 Å². The minimum Gasteiger partial charge on any atom is -0.507 e. The molecule has 0 spiro atoms. The minimum atomic E-state index is -0.197. The predicted octanol–water partition coefficient (Wildman–Crippen LogP) is 2.44. The average molecular weight is 284 g/mol. The van der Waals surface area contributed by atoms with Crippen molar-refractivity contribution >= 4 is 21.8 Å². The lowest BCUT2D eigenvalue weighted by atomic mass is 9.78. The number of alkyl halides is 1. The van der Waals surface area contributed by atoms with Gasteiger partial charge in [0.1, 0.15) is 5.75 Å². The first-order valence-corrected chi connectivity index (χ1v) is 6.45. The maximum Gasteiger partial charge on any atom is 0.255 e. The molecule has 3 nitrogen and oxygen atoms in total. The number of rotatable bonds is 3. The number of halogens is 1. The summed E-state index contributed by atoms with van der Waals surface area (Å²) >= 11 is 3.43. The van der Waals surface area contributed by atoms with Gasteiger partial charge in [-0.25, -0.2) is 0 Å². The molecule has 0 radical (unpaired) electrons. The molecule has 0 saturated heterocycles. The van der Waals surface area contributed by atoms with Crippen molar-refractivity contribution in [3.05, 3.63) is 29.8 Å². The van der Waals surface area contributed by atoms with Gasteiger partial charge in [-0.05, 0) is 31.4 Å². The molecule has 86 valence electrons. The fraction of sp³-hybridized carbons (Fsp3) is 0.417. The van der Waals surface area contributed by atoms with Crippen LogP contribution in [0.2, 0.25) is 0 Å². The molecule has 2 rings (SSSR count). The third kappa shape index (κ3) is 2.07. The van der Waals surface area contributed by atoms with Crippen LogP contribution in [0.25, 0.3) is 0 Å². The monoisotopic (exact) mass is 283 g/mol. The summed E-state index contributed by atoms with van der Waals surface area (Å²) in [4.78, 5) is 11.9. The van der Waals surface area contributed by atoms with Gasteiger partial charge >= 0.3 is 0 Å². The Balaban J connectivity index is 2.11. The van der Waals surface area contributed by atoms with Gasteiger partial charge in [0, 0.05) is 5.33 Å². The molecule has 1 aliphatic rings. The standard InChI is InChI=1S/C12H14BrNO2/c13-8-12(6-3-7-12)14-11(16)9-4-1-2-5-10(9)15/h1-2,4-5,15H,3,6-8H2,(H,14,16). The van der Waals surface area contributed by atoms with Gasteiger partial charge in [0.2, 0.25) is 0 Å². The van der Waals surface area contributed by atoms with E-state index in [1.165, 1.54) is 6.07 Å². The number of hydrogen-bond acceptors (Lipinski definition) is 2. The van der Waals surface area contributed by atoms with Crippen molar-refractivity contribution in [1.29, 1.82) is 0 Å². The van der Waals surface area contributed by atoms with Gasteiger partial charge in [0.25, 0.3) is 5.91 Å².